The summed E-state index contributed by atoms with van der Waals surface area (Å²) in [6.07, 6.45) is 0. The Labute approximate surface area is 76.5 Å². The molecule has 0 atom stereocenters. The SMILES string of the molecule is COC(=O)c1scc(O)c1[N+](=O)[O-]. The second-order valence-corrected chi connectivity index (χ2v) is 2.93. The summed E-state index contributed by atoms with van der Waals surface area (Å²) in [6, 6.07) is 0. The van der Waals surface area contributed by atoms with Crippen LogP contribution < -0.4 is 0 Å². The summed E-state index contributed by atoms with van der Waals surface area (Å²) in [5.41, 5.74) is -0.600. The molecule has 0 spiro atoms. The molecule has 0 aliphatic rings. The lowest BCUT2D eigenvalue weighted by molar-refractivity contribution is -0.385. The van der Waals surface area contributed by atoms with Crippen LogP contribution in [0.1, 0.15) is 9.67 Å². The average Bonchev–Trinajstić information content (AvgIpc) is 2.45. The van der Waals surface area contributed by atoms with Crippen molar-refractivity contribution in [1.82, 2.24) is 0 Å². The van der Waals surface area contributed by atoms with Gasteiger partial charge in [-0.25, -0.2) is 4.79 Å². The zero-order chi connectivity index (χ0) is 10.0. The first-order valence-corrected chi connectivity index (χ1v) is 3.99. The van der Waals surface area contributed by atoms with Gasteiger partial charge in [0.1, 0.15) is 0 Å². The monoisotopic (exact) mass is 203 g/mol. The summed E-state index contributed by atoms with van der Waals surface area (Å²) >= 11 is 0.771. The first-order chi connectivity index (χ1) is 6.07. The molecule has 0 saturated heterocycles. The van der Waals surface area contributed by atoms with Crippen molar-refractivity contribution < 1.29 is 19.6 Å². The molecule has 1 heterocycles. The number of carbonyl (C=O) groups is 1. The smallest absolute Gasteiger partial charge is 0.355 e. The minimum Gasteiger partial charge on any atom is -0.501 e. The van der Waals surface area contributed by atoms with E-state index in [1.54, 1.807) is 0 Å². The van der Waals surface area contributed by atoms with E-state index in [2.05, 4.69) is 4.74 Å². The van der Waals surface area contributed by atoms with Gasteiger partial charge in [0, 0.05) is 5.38 Å². The van der Waals surface area contributed by atoms with E-state index in [1.807, 2.05) is 0 Å². The first kappa shape index (κ1) is 9.46. The van der Waals surface area contributed by atoms with Crippen molar-refractivity contribution in [3.8, 4) is 5.75 Å². The highest BCUT2D eigenvalue weighted by Crippen LogP contribution is 2.35. The van der Waals surface area contributed by atoms with Gasteiger partial charge in [0.25, 0.3) is 0 Å². The third-order valence-electron chi connectivity index (χ3n) is 1.30. The number of methoxy groups -OCH3 is 1. The Kier molecular flexibility index (Phi) is 2.47. The van der Waals surface area contributed by atoms with Crippen LogP contribution in [-0.2, 0) is 4.74 Å². The molecule has 1 N–H and O–H groups in total. The Morgan fingerprint density at radius 2 is 2.38 bits per heavy atom. The molecule has 1 aromatic rings. The highest BCUT2D eigenvalue weighted by atomic mass is 32.1. The van der Waals surface area contributed by atoms with Gasteiger partial charge in [0.2, 0.25) is 5.75 Å². The van der Waals surface area contributed by atoms with Gasteiger partial charge in [-0.05, 0) is 0 Å². The molecule has 7 heteroatoms. The number of nitrogens with zero attached hydrogens (tertiary/aromatic N) is 1. The fourth-order valence-electron chi connectivity index (χ4n) is 0.757. The number of ether oxygens (including phenoxy) is 1. The van der Waals surface area contributed by atoms with Crippen LogP contribution in [0.3, 0.4) is 0 Å². The van der Waals surface area contributed by atoms with Gasteiger partial charge in [0.15, 0.2) is 4.88 Å². The maximum absolute atomic E-state index is 10.9. The lowest BCUT2D eigenvalue weighted by Gasteiger charge is -1.94. The van der Waals surface area contributed by atoms with Crippen molar-refractivity contribution in [3.63, 3.8) is 0 Å². The van der Waals surface area contributed by atoms with E-state index in [9.17, 15) is 14.9 Å². The third kappa shape index (κ3) is 1.59. The number of hydrogen-bond donors (Lipinski definition) is 1. The van der Waals surface area contributed by atoms with Crippen LogP contribution in [0, 0.1) is 10.1 Å². The number of carbonyl (C=O) groups excluding carboxylic acids is 1. The minimum absolute atomic E-state index is 0.204. The maximum Gasteiger partial charge on any atom is 0.355 e. The number of nitro groups is 1. The van der Waals surface area contributed by atoms with Crippen molar-refractivity contribution in [3.05, 3.63) is 20.4 Å². The topological polar surface area (TPSA) is 89.7 Å². The normalized spacial score (nSPS) is 9.62. The zero-order valence-electron chi connectivity index (χ0n) is 6.51. The molecule has 0 aliphatic heterocycles. The summed E-state index contributed by atoms with van der Waals surface area (Å²) in [7, 11) is 1.11. The second kappa shape index (κ2) is 3.40. The van der Waals surface area contributed by atoms with Gasteiger partial charge in [-0.3, -0.25) is 10.1 Å². The van der Waals surface area contributed by atoms with Crippen molar-refractivity contribution in [1.29, 1.82) is 0 Å². The van der Waals surface area contributed by atoms with Crippen LogP contribution in [0.2, 0.25) is 0 Å². The molecule has 70 valence electrons. The molecule has 6 nitrogen and oxygen atoms in total. The predicted molar refractivity (Wildman–Crippen MR) is 44.0 cm³/mol. The molecule has 0 aliphatic carbocycles. The van der Waals surface area contributed by atoms with Crippen LogP contribution in [0.4, 0.5) is 5.69 Å². The Bertz CT molecular complexity index is 358. The molecule has 0 radical (unpaired) electrons. The number of esters is 1. The number of thiophene rings is 1. The molecular weight excluding hydrogens is 198 g/mol. The standard InChI is InChI=1S/C6H5NO5S/c1-12-6(9)5-4(7(10)11)3(8)2-13-5/h2,8H,1H3. The fourth-order valence-corrected chi connectivity index (χ4v) is 1.57. The summed E-state index contributed by atoms with van der Waals surface area (Å²) in [5, 5.41) is 20.5. The number of rotatable bonds is 2. The Morgan fingerprint density at radius 1 is 1.77 bits per heavy atom. The van der Waals surface area contributed by atoms with E-state index in [-0.39, 0.29) is 4.88 Å². The predicted octanol–water partition coefficient (Wildman–Crippen LogP) is 1.15. The molecule has 0 bridgehead atoms. The quantitative estimate of drug-likeness (QED) is 0.442. The Morgan fingerprint density at radius 3 is 2.85 bits per heavy atom. The van der Waals surface area contributed by atoms with Crippen LogP contribution >= 0.6 is 11.3 Å². The van der Waals surface area contributed by atoms with Crippen LogP contribution in [0.5, 0.6) is 5.75 Å². The lowest BCUT2D eigenvalue weighted by Crippen LogP contribution is -2.01. The summed E-state index contributed by atoms with van der Waals surface area (Å²) in [4.78, 5) is 20.3. The maximum atomic E-state index is 10.9. The van der Waals surface area contributed by atoms with E-state index in [0.29, 0.717) is 0 Å². The van der Waals surface area contributed by atoms with E-state index in [1.165, 1.54) is 0 Å². The van der Waals surface area contributed by atoms with E-state index in [4.69, 9.17) is 5.11 Å². The van der Waals surface area contributed by atoms with Gasteiger partial charge in [-0.2, -0.15) is 0 Å². The van der Waals surface area contributed by atoms with E-state index < -0.39 is 22.3 Å². The Balaban J connectivity index is 3.22. The molecule has 0 unspecified atom stereocenters. The van der Waals surface area contributed by atoms with Crippen molar-refractivity contribution in [2.45, 2.75) is 0 Å². The second-order valence-electron chi connectivity index (χ2n) is 2.05. The highest BCUT2D eigenvalue weighted by Gasteiger charge is 2.27. The molecule has 0 fully saturated rings. The minimum atomic E-state index is -0.822. The van der Waals surface area contributed by atoms with Crippen LogP contribution in [-0.4, -0.2) is 23.1 Å². The van der Waals surface area contributed by atoms with E-state index in [0.717, 1.165) is 23.8 Å². The van der Waals surface area contributed by atoms with Crippen LogP contribution in [0.15, 0.2) is 5.38 Å². The molecule has 0 aromatic carbocycles. The largest absolute Gasteiger partial charge is 0.501 e. The van der Waals surface area contributed by atoms with Gasteiger partial charge >= 0.3 is 11.7 Å². The molecule has 0 amide bonds. The van der Waals surface area contributed by atoms with Crippen molar-refractivity contribution >= 4 is 23.0 Å². The summed E-state index contributed by atoms with van der Waals surface area (Å²) < 4.78 is 4.30. The van der Waals surface area contributed by atoms with Gasteiger partial charge in [-0.1, -0.05) is 0 Å². The van der Waals surface area contributed by atoms with Gasteiger partial charge < -0.3 is 9.84 Å². The zero-order valence-corrected chi connectivity index (χ0v) is 7.33. The van der Waals surface area contributed by atoms with Crippen LogP contribution in [0.25, 0.3) is 0 Å². The molecule has 0 saturated carbocycles. The number of hydrogen-bond acceptors (Lipinski definition) is 6. The highest BCUT2D eigenvalue weighted by molar-refractivity contribution is 7.12. The van der Waals surface area contributed by atoms with Gasteiger partial charge in [-0.15, -0.1) is 11.3 Å². The average molecular weight is 203 g/mol. The third-order valence-corrected chi connectivity index (χ3v) is 2.24. The fraction of sp³-hybridized carbons (Fsp3) is 0.167. The first-order valence-electron chi connectivity index (χ1n) is 3.11. The van der Waals surface area contributed by atoms with Crippen molar-refractivity contribution in [2.75, 3.05) is 7.11 Å². The number of aromatic hydroxyl groups is 1. The lowest BCUT2D eigenvalue weighted by atomic mass is 10.4. The molecule has 1 aromatic heterocycles. The van der Waals surface area contributed by atoms with Crippen molar-refractivity contribution in [2.24, 2.45) is 0 Å². The Hall–Kier alpha value is -1.63. The summed E-state index contributed by atoms with van der Waals surface area (Å²) in [6.45, 7) is 0. The van der Waals surface area contributed by atoms with E-state index >= 15 is 0 Å². The summed E-state index contributed by atoms with van der Waals surface area (Å²) in [5.74, 6) is -1.34. The molecular formula is C6H5NO5S. The molecule has 1 rings (SSSR count). The van der Waals surface area contributed by atoms with Gasteiger partial charge in [0.05, 0.1) is 12.0 Å². The molecule has 13 heavy (non-hydrogen) atoms.